The third-order valence-electron chi connectivity index (χ3n) is 5.13. The summed E-state index contributed by atoms with van der Waals surface area (Å²) in [5.74, 6) is -0.139. The van der Waals surface area contributed by atoms with E-state index in [0.29, 0.717) is 29.3 Å². The van der Waals surface area contributed by atoms with E-state index in [1.54, 1.807) is 23.6 Å². The number of halogens is 2. The summed E-state index contributed by atoms with van der Waals surface area (Å²) in [5.41, 5.74) is 0.732. The fourth-order valence-electron chi connectivity index (χ4n) is 3.40. The number of hydrogen-bond donors (Lipinski definition) is 3. The third-order valence-corrected chi connectivity index (χ3v) is 8.75. The molecule has 1 aliphatic heterocycles. The van der Waals surface area contributed by atoms with Gasteiger partial charge in [-0.1, -0.05) is 0 Å². The standard InChI is InChI=1S/C18H19FIN3O4S2/c1-9-15(21-13-3-2-11(20)7-12(13)19)16(18-23(17(9)25)4-5-28-18)22-29(26,27)14-6-10(14)8-24/h2-3,7,10,14,21-22,24H,4-6,8H2,1H3. The summed E-state index contributed by atoms with van der Waals surface area (Å²) in [5, 5.41) is 12.0. The van der Waals surface area contributed by atoms with Crippen molar-refractivity contribution in [2.45, 2.75) is 30.2 Å². The molecule has 0 spiro atoms. The van der Waals surface area contributed by atoms with Gasteiger partial charge in [0.25, 0.3) is 5.56 Å². The summed E-state index contributed by atoms with van der Waals surface area (Å²) in [6.07, 6.45) is 0.390. The maximum atomic E-state index is 14.4. The number of aliphatic hydroxyl groups excluding tert-OH is 1. The number of aliphatic hydroxyl groups is 1. The van der Waals surface area contributed by atoms with Crippen molar-refractivity contribution in [1.82, 2.24) is 4.57 Å². The molecule has 1 saturated carbocycles. The molecular weight excluding hydrogens is 532 g/mol. The summed E-state index contributed by atoms with van der Waals surface area (Å²) in [6.45, 7) is 1.89. The van der Waals surface area contributed by atoms with E-state index in [9.17, 15) is 22.7 Å². The minimum atomic E-state index is -3.76. The molecule has 156 valence electrons. The summed E-state index contributed by atoms with van der Waals surface area (Å²) in [7, 11) is -3.76. The number of rotatable bonds is 6. The van der Waals surface area contributed by atoms with Gasteiger partial charge in [-0.2, -0.15) is 0 Å². The van der Waals surface area contributed by atoms with E-state index in [4.69, 9.17) is 0 Å². The van der Waals surface area contributed by atoms with Crippen LogP contribution < -0.4 is 15.6 Å². The van der Waals surface area contributed by atoms with Crippen LogP contribution in [0.3, 0.4) is 0 Å². The zero-order valence-corrected chi connectivity index (χ0v) is 19.2. The number of pyridine rings is 1. The molecule has 0 amide bonds. The van der Waals surface area contributed by atoms with Gasteiger partial charge in [-0.05, 0) is 54.1 Å². The van der Waals surface area contributed by atoms with Crippen LogP contribution in [0.4, 0.5) is 21.5 Å². The fourth-order valence-corrected chi connectivity index (χ4v) is 6.74. The lowest BCUT2D eigenvalue weighted by molar-refractivity contribution is 0.277. The van der Waals surface area contributed by atoms with Crippen LogP contribution in [0.5, 0.6) is 0 Å². The van der Waals surface area contributed by atoms with E-state index in [2.05, 4.69) is 10.0 Å². The van der Waals surface area contributed by atoms with E-state index in [1.807, 2.05) is 22.6 Å². The van der Waals surface area contributed by atoms with Crippen LogP contribution in [0.15, 0.2) is 28.0 Å². The van der Waals surface area contributed by atoms with Gasteiger partial charge in [0.15, 0.2) is 0 Å². The predicted molar refractivity (Wildman–Crippen MR) is 120 cm³/mol. The monoisotopic (exact) mass is 551 g/mol. The predicted octanol–water partition coefficient (Wildman–Crippen LogP) is 2.87. The van der Waals surface area contributed by atoms with Crippen LogP contribution in [-0.4, -0.2) is 35.7 Å². The molecule has 7 nitrogen and oxygen atoms in total. The Balaban J connectivity index is 1.82. The van der Waals surface area contributed by atoms with E-state index in [-0.39, 0.29) is 35.1 Å². The molecule has 1 aromatic carbocycles. The number of hydrogen-bond acceptors (Lipinski definition) is 6. The molecule has 4 rings (SSSR count). The van der Waals surface area contributed by atoms with Gasteiger partial charge in [-0.25, -0.2) is 12.8 Å². The molecule has 2 heterocycles. The highest BCUT2D eigenvalue weighted by Gasteiger charge is 2.47. The molecule has 1 aromatic heterocycles. The van der Waals surface area contributed by atoms with Gasteiger partial charge in [0.05, 0.1) is 16.6 Å². The molecule has 3 N–H and O–H groups in total. The zero-order valence-electron chi connectivity index (χ0n) is 15.4. The van der Waals surface area contributed by atoms with Crippen LogP contribution in [0.2, 0.25) is 0 Å². The summed E-state index contributed by atoms with van der Waals surface area (Å²) in [6, 6.07) is 4.62. The summed E-state index contributed by atoms with van der Waals surface area (Å²) < 4.78 is 45.0. The van der Waals surface area contributed by atoms with Crippen LogP contribution in [0, 0.1) is 22.2 Å². The molecule has 2 aromatic rings. The van der Waals surface area contributed by atoms with Crippen LogP contribution in [0.25, 0.3) is 0 Å². The number of anilines is 3. The lowest BCUT2D eigenvalue weighted by Crippen LogP contribution is -2.27. The van der Waals surface area contributed by atoms with Gasteiger partial charge in [0.2, 0.25) is 10.0 Å². The van der Waals surface area contributed by atoms with E-state index < -0.39 is 21.1 Å². The highest BCUT2D eigenvalue weighted by atomic mass is 127. The number of nitrogens with zero attached hydrogens (tertiary/aromatic N) is 1. The molecule has 0 bridgehead atoms. The molecule has 2 aliphatic rings. The largest absolute Gasteiger partial charge is 0.396 e. The molecule has 11 heteroatoms. The first-order valence-electron chi connectivity index (χ1n) is 8.97. The fraction of sp³-hybridized carbons (Fsp3) is 0.389. The molecule has 2 atom stereocenters. The Morgan fingerprint density at radius 3 is 2.79 bits per heavy atom. The molecule has 29 heavy (non-hydrogen) atoms. The number of thioether (sulfide) groups is 1. The number of aromatic nitrogens is 1. The second-order valence-electron chi connectivity index (χ2n) is 7.10. The van der Waals surface area contributed by atoms with Crippen LogP contribution >= 0.6 is 34.4 Å². The number of sulfonamides is 1. The zero-order chi connectivity index (χ0) is 20.9. The molecule has 1 aliphatic carbocycles. The SMILES string of the molecule is Cc1c(Nc2ccc(I)cc2F)c(NS(=O)(=O)C2CC2CO)c2n(c1=O)CCS2. The Morgan fingerprint density at radius 2 is 2.14 bits per heavy atom. The van der Waals surface area contributed by atoms with Gasteiger partial charge < -0.3 is 15.0 Å². The third kappa shape index (κ3) is 3.89. The minimum absolute atomic E-state index is 0.154. The van der Waals surface area contributed by atoms with Gasteiger partial charge in [0, 0.05) is 34.0 Å². The van der Waals surface area contributed by atoms with Crippen LogP contribution in [-0.2, 0) is 16.6 Å². The average molecular weight is 551 g/mol. The van der Waals surface area contributed by atoms with E-state index in [0.717, 1.165) is 3.57 Å². The summed E-state index contributed by atoms with van der Waals surface area (Å²) in [4.78, 5) is 12.8. The molecule has 1 fully saturated rings. The first-order chi connectivity index (χ1) is 13.7. The lowest BCUT2D eigenvalue weighted by Gasteiger charge is -2.20. The number of fused-ring (bicyclic) bond motifs is 1. The Morgan fingerprint density at radius 1 is 1.38 bits per heavy atom. The highest BCUT2D eigenvalue weighted by molar-refractivity contribution is 14.1. The maximum absolute atomic E-state index is 14.4. The average Bonchev–Trinajstić information content (AvgIpc) is 3.33. The topological polar surface area (TPSA) is 100 Å². The first kappa shape index (κ1) is 20.9. The smallest absolute Gasteiger partial charge is 0.256 e. The molecule has 0 saturated heterocycles. The number of benzene rings is 1. The van der Waals surface area contributed by atoms with Gasteiger partial charge in [-0.15, -0.1) is 11.8 Å². The first-order valence-corrected chi connectivity index (χ1v) is 12.6. The quantitative estimate of drug-likeness (QED) is 0.478. The second kappa shape index (κ2) is 7.75. The Kier molecular flexibility index (Phi) is 5.59. The van der Waals surface area contributed by atoms with E-state index >= 15 is 0 Å². The van der Waals surface area contributed by atoms with Gasteiger partial charge in [0.1, 0.15) is 16.5 Å². The van der Waals surface area contributed by atoms with Crippen LogP contribution in [0.1, 0.15) is 12.0 Å². The van der Waals surface area contributed by atoms with Crippen molar-refractivity contribution in [1.29, 1.82) is 0 Å². The molecule has 0 radical (unpaired) electrons. The summed E-state index contributed by atoms with van der Waals surface area (Å²) >= 11 is 3.38. The van der Waals surface area contributed by atoms with Crippen molar-refractivity contribution in [3.63, 3.8) is 0 Å². The number of nitrogens with one attached hydrogen (secondary N) is 2. The van der Waals surface area contributed by atoms with Crippen molar-refractivity contribution >= 4 is 61.4 Å². The second-order valence-corrected chi connectivity index (χ2v) is 11.3. The molecule has 2 unspecified atom stereocenters. The van der Waals surface area contributed by atoms with Crippen molar-refractivity contribution in [2.75, 3.05) is 22.4 Å². The van der Waals surface area contributed by atoms with Crippen molar-refractivity contribution in [3.8, 4) is 0 Å². The Labute approximate surface area is 185 Å². The van der Waals surface area contributed by atoms with Gasteiger partial charge >= 0.3 is 0 Å². The normalized spacial score (nSPS) is 20.4. The Hall–Kier alpha value is -1.31. The lowest BCUT2D eigenvalue weighted by atomic mass is 10.2. The van der Waals surface area contributed by atoms with Crippen molar-refractivity contribution < 1.29 is 17.9 Å². The highest BCUT2D eigenvalue weighted by Crippen LogP contribution is 2.43. The maximum Gasteiger partial charge on any atom is 0.256 e. The van der Waals surface area contributed by atoms with Crippen molar-refractivity contribution in [2.24, 2.45) is 5.92 Å². The Bertz CT molecular complexity index is 1150. The molecular formula is C18H19FIN3O4S2. The minimum Gasteiger partial charge on any atom is -0.396 e. The van der Waals surface area contributed by atoms with E-state index in [1.165, 1.54) is 17.8 Å². The van der Waals surface area contributed by atoms with Crippen molar-refractivity contribution in [3.05, 3.63) is 43.5 Å². The van der Waals surface area contributed by atoms with Gasteiger partial charge in [-0.3, -0.25) is 9.52 Å².